The molecule has 78 valence electrons. The minimum atomic E-state index is 0.714. The van der Waals surface area contributed by atoms with Crippen LogP contribution in [0.2, 0.25) is 0 Å². The quantitative estimate of drug-likeness (QED) is 0.670. The van der Waals surface area contributed by atoms with Crippen LogP contribution < -0.4 is 0 Å². The number of nitrogens with one attached hydrogen (secondary N) is 1. The molecule has 0 atom stereocenters. The second-order valence-corrected chi connectivity index (χ2v) is 3.61. The van der Waals surface area contributed by atoms with Crippen LogP contribution in [0.1, 0.15) is 5.82 Å². The van der Waals surface area contributed by atoms with Gasteiger partial charge in [0.2, 0.25) is 0 Å². The normalized spacial score (nSPS) is 10.8. The number of rotatable bonds is 1. The average molecular weight is 210 g/mol. The topological polar surface area (TPSA) is 54.5 Å². The molecule has 3 rings (SSSR count). The molecule has 16 heavy (non-hydrogen) atoms. The van der Waals surface area contributed by atoms with E-state index in [1.165, 1.54) is 0 Å². The summed E-state index contributed by atoms with van der Waals surface area (Å²) in [7, 11) is 0. The summed E-state index contributed by atoms with van der Waals surface area (Å²) >= 11 is 0. The number of hydrogen-bond acceptors (Lipinski definition) is 3. The molecule has 0 unspecified atom stereocenters. The number of aromatic nitrogens is 4. The predicted molar refractivity (Wildman–Crippen MR) is 61.9 cm³/mol. The SMILES string of the molecule is Cc1ncc2[nH]c(-c3ccccc3)nc2n1. The first-order valence-corrected chi connectivity index (χ1v) is 5.08. The van der Waals surface area contributed by atoms with Crippen LogP contribution in [0.4, 0.5) is 0 Å². The van der Waals surface area contributed by atoms with Crippen LogP contribution in [0.5, 0.6) is 0 Å². The number of nitrogens with zero attached hydrogens (tertiary/aromatic N) is 3. The second-order valence-electron chi connectivity index (χ2n) is 3.61. The van der Waals surface area contributed by atoms with E-state index in [2.05, 4.69) is 19.9 Å². The van der Waals surface area contributed by atoms with Crippen molar-refractivity contribution >= 4 is 11.2 Å². The number of H-pyrrole nitrogens is 1. The van der Waals surface area contributed by atoms with Gasteiger partial charge in [0.15, 0.2) is 5.65 Å². The van der Waals surface area contributed by atoms with Crippen molar-refractivity contribution in [3.8, 4) is 11.4 Å². The highest BCUT2D eigenvalue weighted by Crippen LogP contribution is 2.18. The Morgan fingerprint density at radius 3 is 2.69 bits per heavy atom. The Morgan fingerprint density at radius 1 is 1.06 bits per heavy atom. The van der Waals surface area contributed by atoms with E-state index in [1.54, 1.807) is 6.20 Å². The molecular formula is C12H10N4. The van der Waals surface area contributed by atoms with Crippen molar-refractivity contribution in [3.63, 3.8) is 0 Å². The smallest absolute Gasteiger partial charge is 0.181 e. The third-order valence-corrected chi connectivity index (χ3v) is 2.41. The maximum Gasteiger partial charge on any atom is 0.181 e. The Labute approximate surface area is 92.4 Å². The Hall–Kier alpha value is -2.23. The molecular weight excluding hydrogens is 200 g/mol. The zero-order valence-corrected chi connectivity index (χ0v) is 8.81. The summed E-state index contributed by atoms with van der Waals surface area (Å²) in [5.41, 5.74) is 2.63. The molecule has 0 fully saturated rings. The molecule has 0 saturated heterocycles. The summed E-state index contributed by atoms with van der Waals surface area (Å²) in [5, 5.41) is 0. The van der Waals surface area contributed by atoms with Crippen molar-refractivity contribution in [2.24, 2.45) is 0 Å². The number of fused-ring (bicyclic) bond motifs is 1. The van der Waals surface area contributed by atoms with Crippen LogP contribution in [0.25, 0.3) is 22.6 Å². The predicted octanol–water partition coefficient (Wildman–Crippen LogP) is 2.33. The molecule has 0 spiro atoms. The zero-order valence-electron chi connectivity index (χ0n) is 8.81. The van der Waals surface area contributed by atoms with E-state index in [9.17, 15) is 0 Å². The van der Waals surface area contributed by atoms with E-state index in [0.717, 1.165) is 22.7 Å². The van der Waals surface area contributed by atoms with Crippen LogP contribution in [-0.4, -0.2) is 19.9 Å². The van der Waals surface area contributed by atoms with Crippen molar-refractivity contribution in [2.45, 2.75) is 6.92 Å². The molecule has 0 bridgehead atoms. The fourth-order valence-electron chi connectivity index (χ4n) is 1.63. The lowest BCUT2D eigenvalue weighted by atomic mass is 10.2. The first-order chi connectivity index (χ1) is 7.83. The molecule has 0 aliphatic rings. The van der Waals surface area contributed by atoms with Crippen molar-refractivity contribution in [2.75, 3.05) is 0 Å². The maximum absolute atomic E-state index is 4.44. The number of imidazole rings is 1. The van der Waals surface area contributed by atoms with E-state index in [0.29, 0.717) is 5.65 Å². The van der Waals surface area contributed by atoms with Gasteiger partial charge < -0.3 is 4.98 Å². The minimum Gasteiger partial charge on any atom is -0.335 e. The molecule has 4 nitrogen and oxygen atoms in total. The third kappa shape index (κ3) is 1.44. The average Bonchev–Trinajstić information content (AvgIpc) is 2.73. The van der Waals surface area contributed by atoms with Gasteiger partial charge in [0, 0.05) is 5.56 Å². The minimum absolute atomic E-state index is 0.714. The Bertz CT molecular complexity index is 628. The second kappa shape index (κ2) is 3.41. The Balaban J connectivity index is 2.19. The highest BCUT2D eigenvalue weighted by Gasteiger charge is 2.05. The van der Waals surface area contributed by atoms with Gasteiger partial charge in [0.1, 0.15) is 17.2 Å². The van der Waals surface area contributed by atoms with Crippen molar-refractivity contribution in [3.05, 3.63) is 42.4 Å². The number of aryl methyl sites for hydroxylation is 1. The summed E-state index contributed by atoms with van der Waals surface area (Å²) in [6.45, 7) is 1.86. The lowest BCUT2D eigenvalue weighted by Crippen LogP contribution is -1.85. The van der Waals surface area contributed by atoms with Crippen molar-refractivity contribution in [1.82, 2.24) is 19.9 Å². The standard InChI is InChI=1S/C12H10N4/c1-8-13-7-10-12(14-8)16-11(15-10)9-5-3-2-4-6-9/h2-7H,1H3,(H,13,14,15,16). The van der Waals surface area contributed by atoms with Gasteiger partial charge in [0.25, 0.3) is 0 Å². The lowest BCUT2D eigenvalue weighted by molar-refractivity contribution is 1.08. The van der Waals surface area contributed by atoms with Gasteiger partial charge in [-0.1, -0.05) is 30.3 Å². The van der Waals surface area contributed by atoms with Gasteiger partial charge in [-0.25, -0.2) is 15.0 Å². The van der Waals surface area contributed by atoms with E-state index in [4.69, 9.17) is 0 Å². The van der Waals surface area contributed by atoms with Gasteiger partial charge in [-0.2, -0.15) is 0 Å². The van der Waals surface area contributed by atoms with Crippen LogP contribution >= 0.6 is 0 Å². The summed E-state index contributed by atoms with van der Waals surface area (Å²) in [5.74, 6) is 1.56. The van der Waals surface area contributed by atoms with Gasteiger partial charge in [-0.05, 0) is 6.92 Å². The van der Waals surface area contributed by atoms with Crippen LogP contribution in [0, 0.1) is 6.92 Å². The largest absolute Gasteiger partial charge is 0.335 e. The zero-order chi connectivity index (χ0) is 11.0. The number of aromatic amines is 1. The highest BCUT2D eigenvalue weighted by atomic mass is 15.0. The molecule has 0 radical (unpaired) electrons. The van der Waals surface area contributed by atoms with E-state index in [-0.39, 0.29) is 0 Å². The van der Waals surface area contributed by atoms with E-state index < -0.39 is 0 Å². The van der Waals surface area contributed by atoms with Gasteiger partial charge in [0.05, 0.1) is 6.20 Å². The van der Waals surface area contributed by atoms with Gasteiger partial charge in [-0.3, -0.25) is 0 Å². The van der Waals surface area contributed by atoms with Gasteiger partial charge >= 0.3 is 0 Å². The van der Waals surface area contributed by atoms with Crippen LogP contribution in [0.15, 0.2) is 36.5 Å². The van der Waals surface area contributed by atoms with Crippen LogP contribution in [0.3, 0.4) is 0 Å². The summed E-state index contributed by atoms with van der Waals surface area (Å²) < 4.78 is 0. The molecule has 2 aromatic heterocycles. The van der Waals surface area contributed by atoms with E-state index >= 15 is 0 Å². The molecule has 1 aromatic carbocycles. The molecule has 0 amide bonds. The molecule has 1 N–H and O–H groups in total. The fourth-order valence-corrected chi connectivity index (χ4v) is 1.63. The Kier molecular flexibility index (Phi) is 1.93. The van der Waals surface area contributed by atoms with Crippen molar-refractivity contribution in [1.29, 1.82) is 0 Å². The highest BCUT2D eigenvalue weighted by molar-refractivity contribution is 5.74. The summed E-state index contributed by atoms with van der Waals surface area (Å²) in [6, 6.07) is 9.98. The third-order valence-electron chi connectivity index (χ3n) is 2.41. The maximum atomic E-state index is 4.44. The first-order valence-electron chi connectivity index (χ1n) is 5.08. The monoisotopic (exact) mass is 210 g/mol. The summed E-state index contributed by atoms with van der Waals surface area (Å²) in [6.07, 6.45) is 1.76. The summed E-state index contributed by atoms with van der Waals surface area (Å²) in [4.78, 5) is 16.0. The van der Waals surface area contributed by atoms with Crippen LogP contribution in [-0.2, 0) is 0 Å². The molecule has 3 aromatic rings. The molecule has 4 heteroatoms. The molecule has 2 heterocycles. The van der Waals surface area contributed by atoms with Gasteiger partial charge in [-0.15, -0.1) is 0 Å². The molecule has 0 aliphatic heterocycles. The lowest BCUT2D eigenvalue weighted by Gasteiger charge is -1.92. The fraction of sp³-hybridized carbons (Fsp3) is 0.0833. The first kappa shape index (κ1) is 9.03. The number of benzene rings is 1. The molecule has 0 aliphatic carbocycles. The number of hydrogen-bond donors (Lipinski definition) is 1. The van der Waals surface area contributed by atoms with E-state index in [1.807, 2.05) is 37.3 Å². The Morgan fingerprint density at radius 2 is 1.88 bits per heavy atom. The molecule has 0 saturated carbocycles. The van der Waals surface area contributed by atoms with Crippen molar-refractivity contribution < 1.29 is 0 Å².